The first-order chi connectivity index (χ1) is 17.6. The van der Waals surface area contributed by atoms with Gasteiger partial charge in [-0.1, -0.05) is 72.8 Å². The molecule has 0 bridgehead atoms. The lowest BCUT2D eigenvalue weighted by Gasteiger charge is -2.39. The maximum atomic E-state index is 12.8. The van der Waals surface area contributed by atoms with E-state index in [1.165, 1.54) is 33.6 Å². The minimum atomic E-state index is -0.00731. The standard InChI is InChI=1S/C30H32N4OS/c1-22-13-14-26(19-23(22)2)27-21-36-30(31-27)32-28(35)20-33-15-17-34(18-16-33)29(24-9-5-3-6-10-24)25-11-7-4-8-12-25/h3-14,19,21,29H,15-18,20H2,1-2H3,(H,31,32,35). The first-order valence-electron chi connectivity index (χ1n) is 12.5. The number of nitrogens with zero attached hydrogens (tertiary/aromatic N) is 3. The van der Waals surface area contributed by atoms with Gasteiger partial charge < -0.3 is 5.32 Å². The molecule has 1 saturated heterocycles. The van der Waals surface area contributed by atoms with Crippen LogP contribution in [0.1, 0.15) is 28.3 Å². The van der Waals surface area contributed by atoms with Gasteiger partial charge in [0, 0.05) is 37.1 Å². The van der Waals surface area contributed by atoms with Gasteiger partial charge in [-0.05, 0) is 42.2 Å². The molecular weight excluding hydrogens is 464 g/mol. The van der Waals surface area contributed by atoms with Crippen LogP contribution in [0.5, 0.6) is 0 Å². The van der Waals surface area contributed by atoms with Crippen molar-refractivity contribution in [2.24, 2.45) is 0 Å². The van der Waals surface area contributed by atoms with Gasteiger partial charge in [0.2, 0.25) is 5.91 Å². The van der Waals surface area contributed by atoms with Crippen LogP contribution >= 0.6 is 11.3 Å². The van der Waals surface area contributed by atoms with Crippen LogP contribution in [0.15, 0.2) is 84.2 Å². The van der Waals surface area contributed by atoms with Crippen LogP contribution in [0.3, 0.4) is 0 Å². The van der Waals surface area contributed by atoms with Crippen molar-refractivity contribution in [1.29, 1.82) is 0 Å². The van der Waals surface area contributed by atoms with Gasteiger partial charge in [0.1, 0.15) is 0 Å². The Hall–Kier alpha value is -3.32. The molecule has 6 heteroatoms. The van der Waals surface area contributed by atoms with Gasteiger partial charge in [-0.2, -0.15) is 0 Å². The van der Waals surface area contributed by atoms with Gasteiger partial charge in [0.15, 0.2) is 5.13 Å². The molecule has 5 rings (SSSR count). The highest BCUT2D eigenvalue weighted by Crippen LogP contribution is 2.30. The number of carbonyl (C=O) groups is 1. The molecule has 5 nitrogen and oxygen atoms in total. The second-order valence-corrected chi connectivity index (χ2v) is 10.3. The van der Waals surface area contributed by atoms with Gasteiger partial charge >= 0.3 is 0 Å². The summed E-state index contributed by atoms with van der Waals surface area (Å²) in [5.41, 5.74) is 7.10. The maximum Gasteiger partial charge on any atom is 0.240 e. The van der Waals surface area contributed by atoms with Crippen LogP contribution in [0.4, 0.5) is 5.13 Å². The molecule has 0 spiro atoms. The van der Waals surface area contributed by atoms with Crippen molar-refractivity contribution in [3.05, 3.63) is 106 Å². The van der Waals surface area contributed by atoms with E-state index in [9.17, 15) is 4.79 Å². The predicted molar refractivity (Wildman–Crippen MR) is 148 cm³/mol. The molecule has 0 atom stereocenters. The van der Waals surface area contributed by atoms with E-state index < -0.39 is 0 Å². The zero-order chi connectivity index (χ0) is 24.9. The number of rotatable bonds is 7. The molecule has 4 aromatic rings. The molecule has 1 N–H and O–H groups in total. The molecule has 36 heavy (non-hydrogen) atoms. The van der Waals surface area contributed by atoms with E-state index in [1.807, 2.05) is 5.38 Å². The Morgan fingerprint density at radius 3 is 2.14 bits per heavy atom. The minimum Gasteiger partial charge on any atom is -0.301 e. The average Bonchev–Trinajstić information content (AvgIpc) is 3.36. The number of thiazole rings is 1. The Balaban J connectivity index is 1.18. The van der Waals surface area contributed by atoms with Crippen LogP contribution < -0.4 is 5.32 Å². The van der Waals surface area contributed by atoms with Crippen LogP contribution in [-0.4, -0.2) is 53.4 Å². The number of nitrogens with one attached hydrogen (secondary N) is 1. The lowest BCUT2D eigenvalue weighted by molar-refractivity contribution is -0.117. The highest BCUT2D eigenvalue weighted by molar-refractivity contribution is 7.14. The molecule has 1 amide bonds. The summed E-state index contributed by atoms with van der Waals surface area (Å²) in [6, 6.07) is 27.9. The zero-order valence-electron chi connectivity index (χ0n) is 20.9. The van der Waals surface area contributed by atoms with E-state index in [-0.39, 0.29) is 11.9 Å². The summed E-state index contributed by atoms with van der Waals surface area (Å²) in [6.45, 7) is 8.13. The van der Waals surface area contributed by atoms with E-state index in [4.69, 9.17) is 0 Å². The van der Waals surface area contributed by atoms with Crippen molar-refractivity contribution < 1.29 is 4.79 Å². The van der Waals surface area contributed by atoms with Crippen LogP contribution in [0, 0.1) is 13.8 Å². The molecule has 3 aromatic carbocycles. The van der Waals surface area contributed by atoms with Crippen LogP contribution in [-0.2, 0) is 4.79 Å². The summed E-state index contributed by atoms with van der Waals surface area (Å²) in [6.07, 6.45) is 0. The molecule has 184 valence electrons. The number of carbonyl (C=O) groups excluding carboxylic acids is 1. The van der Waals surface area contributed by atoms with Crippen molar-refractivity contribution >= 4 is 22.4 Å². The van der Waals surface area contributed by atoms with Crippen molar-refractivity contribution in [3.8, 4) is 11.3 Å². The lowest BCUT2D eigenvalue weighted by Crippen LogP contribution is -2.49. The van der Waals surface area contributed by atoms with Gasteiger partial charge in [-0.25, -0.2) is 4.98 Å². The lowest BCUT2D eigenvalue weighted by atomic mass is 9.96. The van der Waals surface area contributed by atoms with Gasteiger partial charge in [0.25, 0.3) is 0 Å². The molecule has 1 aliphatic rings. The van der Waals surface area contributed by atoms with Crippen molar-refractivity contribution in [1.82, 2.24) is 14.8 Å². The molecule has 0 radical (unpaired) electrons. The Bertz CT molecular complexity index is 1260. The summed E-state index contributed by atoms with van der Waals surface area (Å²) >= 11 is 1.47. The monoisotopic (exact) mass is 496 g/mol. The first-order valence-corrected chi connectivity index (χ1v) is 13.3. The Morgan fingerprint density at radius 1 is 0.889 bits per heavy atom. The van der Waals surface area contributed by atoms with E-state index in [0.717, 1.165) is 37.4 Å². The third kappa shape index (κ3) is 5.73. The average molecular weight is 497 g/mol. The topological polar surface area (TPSA) is 48.5 Å². The number of piperazine rings is 1. The number of aromatic nitrogens is 1. The summed E-state index contributed by atoms with van der Waals surface area (Å²) < 4.78 is 0. The number of aryl methyl sites for hydroxylation is 2. The number of hydrogen-bond acceptors (Lipinski definition) is 5. The SMILES string of the molecule is Cc1ccc(-c2csc(NC(=O)CN3CCN(C(c4ccccc4)c4ccccc4)CC3)n2)cc1C. The molecule has 0 saturated carbocycles. The van der Waals surface area contributed by atoms with Crippen molar-refractivity contribution in [2.75, 3.05) is 38.0 Å². The Labute approximate surface area is 217 Å². The third-order valence-corrected chi connectivity index (χ3v) is 7.68. The normalized spacial score (nSPS) is 14.8. The number of amides is 1. The predicted octanol–water partition coefficient (Wildman–Crippen LogP) is 5.77. The van der Waals surface area contributed by atoms with Gasteiger partial charge in [-0.3, -0.25) is 14.6 Å². The second-order valence-electron chi connectivity index (χ2n) is 9.42. The summed E-state index contributed by atoms with van der Waals surface area (Å²) in [5.74, 6) is -0.00731. The molecule has 1 fully saturated rings. The number of anilines is 1. The van der Waals surface area contributed by atoms with E-state index in [0.29, 0.717) is 11.7 Å². The summed E-state index contributed by atoms with van der Waals surface area (Å²) in [5, 5.41) is 5.66. The second kappa shape index (κ2) is 11.2. The number of hydrogen-bond donors (Lipinski definition) is 1. The molecule has 1 aliphatic heterocycles. The highest BCUT2D eigenvalue weighted by atomic mass is 32.1. The smallest absolute Gasteiger partial charge is 0.240 e. The zero-order valence-corrected chi connectivity index (χ0v) is 21.7. The van der Waals surface area contributed by atoms with Crippen molar-refractivity contribution in [3.63, 3.8) is 0 Å². The summed E-state index contributed by atoms with van der Waals surface area (Å²) in [4.78, 5) is 22.2. The summed E-state index contributed by atoms with van der Waals surface area (Å²) in [7, 11) is 0. The number of benzene rings is 3. The minimum absolute atomic E-state index is 0.00731. The van der Waals surface area contributed by atoms with Gasteiger partial charge in [0.05, 0.1) is 18.3 Å². The van der Waals surface area contributed by atoms with E-state index >= 15 is 0 Å². The Morgan fingerprint density at radius 2 is 1.53 bits per heavy atom. The highest BCUT2D eigenvalue weighted by Gasteiger charge is 2.27. The van der Waals surface area contributed by atoms with Crippen LogP contribution in [0.25, 0.3) is 11.3 Å². The molecular formula is C30H32N4OS. The largest absolute Gasteiger partial charge is 0.301 e. The quantitative estimate of drug-likeness (QED) is 0.353. The van der Waals surface area contributed by atoms with E-state index in [2.05, 4.69) is 113 Å². The third-order valence-electron chi connectivity index (χ3n) is 6.92. The Kier molecular flexibility index (Phi) is 7.56. The maximum absolute atomic E-state index is 12.8. The fourth-order valence-electron chi connectivity index (χ4n) is 4.79. The first kappa shape index (κ1) is 24.4. The fourth-order valence-corrected chi connectivity index (χ4v) is 5.53. The van der Waals surface area contributed by atoms with Gasteiger partial charge in [-0.15, -0.1) is 11.3 Å². The molecule has 1 aromatic heterocycles. The molecule has 0 unspecified atom stereocenters. The molecule has 2 heterocycles. The van der Waals surface area contributed by atoms with E-state index in [1.54, 1.807) is 0 Å². The van der Waals surface area contributed by atoms with Crippen molar-refractivity contribution in [2.45, 2.75) is 19.9 Å². The molecule has 0 aliphatic carbocycles. The van der Waals surface area contributed by atoms with Crippen LogP contribution in [0.2, 0.25) is 0 Å². The fraction of sp³-hybridized carbons (Fsp3) is 0.267.